The minimum absolute atomic E-state index is 0.126. The molecule has 2 aromatic rings. The van der Waals surface area contributed by atoms with Gasteiger partial charge in [0.05, 0.1) is 4.90 Å². The van der Waals surface area contributed by atoms with E-state index in [1.807, 2.05) is 16.8 Å². The van der Waals surface area contributed by atoms with Gasteiger partial charge in [0.1, 0.15) is 5.82 Å². The Labute approximate surface area is 128 Å². The van der Waals surface area contributed by atoms with Gasteiger partial charge in [-0.3, -0.25) is 0 Å². The van der Waals surface area contributed by atoms with Crippen molar-refractivity contribution >= 4 is 27.2 Å². The summed E-state index contributed by atoms with van der Waals surface area (Å²) in [6, 6.07) is 5.24. The number of aromatic nitrogens is 1. The third-order valence-electron chi connectivity index (χ3n) is 3.47. The Kier molecular flexibility index (Phi) is 3.97. The molecule has 0 saturated heterocycles. The molecule has 21 heavy (non-hydrogen) atoms. The maximum absolute atomic E-state index is 12.9. The van der Waals surface area contributed by atoms with Crippen LogP contribution in [0.2, 0.25) is 0 Å². The van der Waals surface area contributed by atoms with Crippen molar-refractivity contribution in [1.29, 1.82) is 0 Å². The van der Waals surface area contributed by atoms with Gasteiger partial charge >= 0.3 is 0 Å². The van der Waals surface area contributed by atoms with Crippen molar-refractivity contribution in [2.45, 2.75) is 30.3 Å². The van der Waals surface area contributed by atoms with Gasteiger partial charge in [0.2, 0.25) is 10.0 Å². The second kappa shape index (κ2) is 5.75. The summed E-state index contributed by atoms with van der Waals surface area (Å²) in [5.74, 6) is 0.558. The molecule has 1 N–H and O–H groups in total. The van der Waals surface area contributed by atoms with Crippen LogP contribution in [-0.4, -0.2) is 30.8 Å². The first-order chi connectivity index (χ1) is 10.1. The number of sulfonamides is 1. The van der Waals surface area contributed by atoms with Crippen LogP contribution >= 0.6 is 11.3 Å². The van der Waals surface area contributed by atoms with Crippen LogP contribution in [0, 0.1) is 0 Å². The van der Waals surface area contributed by atoms with E-state index in [-0.39, 0.29) is 6.04 Å². The average molecular weight is 323 g/mol. The van der Waals surface area contributed by atoms with Crippen molar-refractivity contribution < 1.29 is 8.42 Å². The SMILES string of the molecule is CNc1cc(S(=O)(=O)N(Cc2ccsc2)C2CC2)ccn1. The summed E-state index contributed by atoms with van der Waals surface area (Å²) < 4.78 is 27.4. The predicted molar refractivity (Wildman–Crippen MR) is 83.9 cm³/mol. The van der Waals surface area contributed by atoms with Crippen LogP contribution < -0.4 is 5.32 Å². The maximum Gasteiger partial charge on any atom is 0.243 e. The second-order valence-electron chi connectivity index (χ2n) is 5.04. The van der Waals surface area contributed by atoms with Crippen molar-refractivity contribution in [2.75, 3.05) is 12.4 Å². The Morgan fingerprint density at radius 1 is 1.43 bits per heavy atom. The fourth-order valence-electron chi connectivity index (χ4n) is 2.18. The topological polar surface area (TPSA) is 62.3 Å². The fourth-order valence-corrected chi connectivity index (χ4v) is 4.53. The molecule has 0 amide bonds. The molecule has 2 heterocycles. The van der Waals surface area contributed by atoms with Gasteiger partial charge < -0.3 is 5.32 Å². The second-order valence-corrected chi connectivity index (χ2v) is 7.71. The van der Waals surface area contributed by atoms with Gasteiger partial charge in [-0.15, -0.1) is 0 Å². The van der Waals surface area contributed by atoms with Crippen LogP contribution in [0.25, 0.3) is 0 Å². The van der Waals surface area contributed by atoms with Crippen molar-refractivity contribution in [2.24, 2.45) is 0 Å². The molecule has 1 saturated carbocycles. The Morgan fingerprint density at radius 2 is 2.24 bits per heavy atom. The normalized spacial score (nSPS) is 15.3. The Bertz CT molecular complexity index is 710. The number of nitrogens with one attached hydrogen (secondary N) is 1. The summed E-state index contributed by atoms with van der Waals surface area (Å²) in [4.78, 5) is 4.37. The van der Waals surface area contributed by atoms with E-state index in [0.29, 0.717) is 17.3 Å². The number of rotatable bonds is 6. The van der Waals surface area contributed by atoms with Crippen molar-refractivity contribution in [3.63, 3.8) is 0 Å². The van der Waals surface area contributed by atoms with Crippen LogP contribution in [0.4, 0.5) is 5.82 Å². The largest absolute Gasteiger partial charge is 0.373 e. The first-order valence-electron chi connectivity index (χ1n) is 6.78. The van der Waals surface area contributed by atoms with E-state index >= 15 is 0 Å². The molecule has 0 bridgehead atoms. The van der Waals surface area contributed by atoms with Crippen LogP contribution in [0.3, 0.4) is 0 Å². The van der Waals surface area contributed by atoms with E-state index < -0.39 is 10.0 Å². The summed E-state index contributed by atoms with van der Waals surface area (Å²) in [5, 5.41) is 6.84. The molecule has 0 aliphatic heterocycles. The van der Waals surface area contributed by atoms with E-state index in [4.69, 9.17) is 0 Å². The molecular weight excluding hydrogens is 306 g/mol. The molecule has 0 aromatic carbocycles. The highest BCUT2D eigenvalue weighted by Crippen LogP contribution is 2.34. The van der Waals surface area contributed by atoms with E-state index in [9.17, 15) is 8.42 Å². The molecule has 7 heteroatoms. The lowest BCUT2D eigenvalue weighted by Crippen LogP contribution is -2.32. The number of hydrogen-bond donors (Lipinski definition) is 1. The molecule has 1 fully saturated rings. The lowest BCUT2D eigenvalue weighted by Gasteiger charge is -2.21. The summed E-state index contributed by atoms with van der Waals surface area (Å²) in [6.07, 6.45) is 3.40. The molecular formula is C14H17N3O2S2. The first kappa shape index (κ1) is 14.5. The van der Waals surface area contributed by atoms with Crippen molar-refractivity contribution in [1.82, 2.24) is 9.29 Å². The van der Waals surface area contributed by atoms with Crippen molar-refractivity contribution in [3.05, 3.63) is 40.7 Å². The maximum atomic E-state index is 12.9. The molecule has 112 valence electrons. The minimum atomic E-state index is -3.49. The molecule has 1 aliphatic carbocycles. The van der Waals surface area contributed by atoms with Gasteiger partial charge in [-0.05, 0) is 41.3 Å². The van der Waals surface area contributed by atoms with Crippen LogP contribution in [-0.2, 0) is 16.6 Å². The highest BCUT2D eigenvalue weighted by molar-refractivity contribution is 7.89. The van der Waals surface area contributed by atoms with Gasteiger partial charge in [0, 0.05) is 31.9 Å². The smallest absolute Gasteiger partial charge is 0.243 e. The zero-order valence-corrected chi connectivity index (χ0v) is 13.3. The van der Waals surface area contributed by atoms with E-state index in [2.05, 4.69) is 10.3 Å². The molecule has 0 atom stereocenters. The summed E-state index contributed by atoms with van der Waals surface area (Å²) in [5.41, 5.74) is 1.04. The molecule has 0 radical (unpaired) electrons. The summed E-state index contributed by atoms with van der Waals surface area (Å²) in [7, 11) is -1.76. The lowest BCUT2D eigenvalue weighted by molar-refractivity contribution is 0.399. The fraction of sp³-hybridized carbons (Fsp3) is 0.357. The zero-order valence-electron chi connectivity index (χ0n) is 11.7. The van der Waals surface area contributed by atoms with Crippen LogP contribution in [0.15, 0.2) is 40.1 Å². The molecule has 5 nitrogen and oxygen atoms in total. The van der Waals surface area contributed by atoms with Crippen molar-refractivity contribution in [3.8, 4) is 0 Å². The third-order valence-corrected chi connectivity index (χ3v) is 6.09. The van der Waals surface area contributed by atoms with Gasteiger partial charge in [-0.2, -0.15) is 15.6 Å². The highest BCUT2D eigenvalue weighted by Gasteiger charge is 2.38. The molecule has 0 spiro atoms. The van der Waals surface area contributed by atoms with Gasteiger partial charge in [0.15, 0.2) is 0 Å². The number of pyridine rings is 1. The first-order valence-corrected chi connectivity index (χ1v) is 9.16. The van der Waals surface area contributed by atoms with Crippen LogP contribution in [0.5, 0.6) is 0 Å². The quantitative estimate of drug-likeness (QED) is 0.887. The molecule has 2 aromatic heterocycles. The standard InChI is InChI=1S/C14H17N3O2S2/c1-15-14-8-13(4-6-16-14)21(18,19)17(12-2-3-12)9-11-5-7-20-10-11/h4-8,10,12H,2-3,9H2,1H3,(H,15,16). The zero-order chi connectivity index (χ0) is 14.9. The van der Waals surface area contributed by atoms with Crippen LogP contribution in [0.1, 0.15) is 18.4 Å². The lowest BCUT2D eigenvalue weighted by atomic mass is 10.3. The highest BCUT2D eigenvalue weighted by atomic mass is 32.2. The van der Waals surface area contributed by atoms with Gasteiger partial charge in [-0.1, -0.05) is 0 Å². The number of nitrogens with zero attached hydrogens (tertiary/aromatic N) is 2. The van der Waals surface area contributed by atoms with E-state index in [1.165, 1.54) is 6.20 Å². The number of thiophene rings is 1. The molecule has 3 rings (SSSR count). The van der Waals surface area contributed by atoms with Gasteiger partial charge in [-0.25, -0.2) is 13.4 Å². The summed E-state index contributed by atoms with van der Waals surface area (Å²) >= 11 is 1.58. The predicted octanol–water partition coefficient (Wildman–Crippen LogP) is 2.54. The third kappa shape index (κ3) is 3.09. The van der Waals surface area contributed by atoms with E-state index in [1.54, 1.807) is 34.8 Å². The monoisotopic (exact) mass is 323 g/mol. The number of anilines is 1. The van der Waals surface area contributed by atoms with Gasteiger partial charge in [0.25, 0.3) is 0 Å². The summed E-state index contributed by atoms with van der Waals surface area (Å²) in [6.45, 7) is 0.438. The Morgan fingerprint density at radius 3 is 2.86 bits per heavy atom. The van der Waals surface area contributed by atoms with E-state index in [0.717, 1.165) is 18.4 Å². The Hall–Kier alpha value is -1.44. The molecule has 1 aliphatic rings. The molecule has 0 unspecified atom stereocenters. The Balaban J connectivity index is 1.93. The minimum Gasteiger partial charge on any atom is -0.373 e. The average Bonchev–Trinajstić information content (AvgIpc) is 3.20. The number of hydrogen-bond acceptors (Lipinski definition) is 5.